The fourth-order valence-corrected chi connectivity index (χ4v) is 6.33. The number of hydrogen-bond acceptors (Lipinski definition) is 9. The standard InChI is InChI=1S/C20H21F6N7O3S2/c1-10-7-33(38(35,36)14-8-32(2)9-29-14)4-3-12(10)30-18-28-5-11(19(21,22)23)15(31-18)13-6-27-17(37-13)16(34)20(24,25)26/h5-6,8-10,12,16,34H,3-4,7H2,1-2H3,(H,28,30,31)/t10-,12+,16?/m1/s1. The molecular weight excluding hydrogens is 564 g/mol. The van der Waals surface area contributed by atoms with E-state index in [1.54, 1.807) is 14.0 Å². The molecule has 0 spiro atoms. The summed E-state index contributed by atoms with van der Waals surface area (Å²) in [6.45, 7) is 1.94. The zero-order valence-electron chi connectivity index (χ0n) is 19.7. The number of alkyl halides is 6. The molecule has 0 bridgehead atoms. The molecule has 1 saturated heterocycles. The van der Waals surface area contributed by atoms with E-state index in [0.29, 0.717) is 6.20 Å². The Morgan fingerprint density at radius 2 is 1.87 bits per heavy atom. The van der Waals surface area contributed by atoms with Gasteiger partial charge in [0.1, 0.15) is 10.6 Å². The number of piperidine rings is 1. The molecule has 1 unspecified atom stereocenters. The highest BCUT2D eigenvalue weighted by Gasteiger charge is 2.42. The summed E-state index contributed by atoms with van der Waals surface area (Å²) in [6, 6.07) is -0.418. The molecule has 0 radical (unpaired) electrons. The molecule has 3 aromatic rings. The first-order valence-corrected chi connectivity index (χ1v) is 13.2. The van der Waals surface area contributed by atoms with Crippen molar-refractivity contribution in [1.82, 2.24) is 28.8 Å². The van der Waals surface area contributed by atoms with Gasteiger partial charge in [0.15, 0.2) is 5.03 Å². The smallest absolute Gasteiger partial charge is 0.377 e. The first kappa shape index (κ1) is 28.2. The van der Waals surface area contributed by atoms with Crippen molar-refractivity contribution < 1.29 is 39.9 Å². The highest BCUT2D eigenvalue weighted by molar-refractivity contribution is 7.89. The zero-order chi connectivity index (χ0) is 28.0. The number of aryl methyl sites for hydroxylation is 1. The van der Waals surface area contributed by atoms with E-state index < -0.39 is 50.8 Å². The molecule has 1 fully saturated rings. The Morgan fingerprint density at radius 3 is 2.45 bits per heavy atom. The van der Waals surface area contributed by atoms with Gasteiger partial charge in [0.2, 0.25) is 12.1 Å². The van der Waals surface area contributed by atoms with Crippen LogP contribution < -0.4 is 5.32 Å². The molecule has 38 heavy (non-hydrogen) atoms. The molecule has 0 amide bonds. The molecular formula is C20H21F6N7O3S2. The molecule has 0 aromatic carbocycles. The van der Waals surface area contributed by atoms with E-state index >= 15 is 0 Å². The SMILES string of the molecule is C[C@@H]1CN(S(=O)(=O)c2cn(C)cn2)CC[C@@H]1Nc1ncc(C(F)(F)F)c(-c2cnc(C(O)C(F)(F)F)s2)n1. The third-order valence-electron chi connectivity index (χ3n) is 5.86. The number of thiazole rings is 1. The Hall–Kier alpha value is -2.83. The Morgan fingerprint density at radius 1 is 1.16 bits per heavy atom. The average molecular weight is 586 g/mol. The molecule has 0 aliphatic carbocycles. The molecule has 4 rings (SSSR count). The van der Waals surface area contributed by atoms with Gasteiger partial charge in [0, 0.05) is 44.8 Å². The third-order valence-corrected chi connectivity index (χ3v) is 8.67. The van der Waals surface area contributed by atoms with E-state index in [-0.39, 0.29) is 52.6 Å². The number of anilines is 1. The van der Waals surface area contributed by atoms with Crippen LogP contribution in [-0.2, 0) is 23.2 Å². The topological polar surface area (TPSA) is 126 Å². The van der Waals surface area contributed by atoms with E-state index in [4.69, 9.17) is 0 Å². The number of halogens is 6. The predicted molar refractivity (Wildman–Crippen MR) is 122 cm³/mol. The Bertz CT molecular complexity index is 1410. The number of sulfonamides is 1. The van der Waals surface area contributed by atoms with Gasteiger partial charge in [-0.05, 0) is 12.3 Å². The van der Waals surface area contributed by atoms with Gasteiger partial charge in [-0.25, -0.2) is 28.4 Å². The Labute approximate surface area is 216 Å². The first-order valence-electron chi connectivity index (χ1n) is 11.0. The van der Waals surface area contributed by atoms with Crippen LogP contribution in [0.1, 0.15) is 30.0 Å². The number of aromatic nitrogens is 5. The second-order valence-electron chi connectivity index (χ2n) is 8.72. The van der Waals surface area contributed by atoms with Crippen LogP contribution in [0.2, 0.25) is 0 Å². The minimum atomic E-state index is -5.05. The van der Waals surface area contributed by atoms with Gasteiger partial charge < -0.3 is 15.0 Å². The summed E-state index contributed by atoms with van der Waals surface area (Å²) in [5.41, 5.74) is -1.99. The van der Waals surface area contributed by atoms with Crippen LogP contribution in [0.5, 0.6) is 0 Å². The summed E-state index contributed by atoms with van der Waals surface area (Å²) >= 11 is 0.229. The van der Waals surface area contributed by atoms with Gasteiger partial charge in [-0.1, -0.05) is 6.92 Å². The van der Waals surface area contributed by atoms with Crippen molar-refractivity contribution in [3.8, 4) is 10.6 Å². The molecule has 4 heterocycles. The van der Waals surface area contributed by atoms with E-state index in [1.165, 1.54) is 21.4 Å². The maximum Gasteiger partial charge on any atom is 0.420 e. The molecule has 2 N–H and O–H groups in total. The van der Waals surface area contributed by atoms with Crippen LogP contribution in [0.3, 0.4) is 0 Å². The largest absolute Gasteiger partial charge is 0.420 e. The Balaban J connectivity index is 1.56. The lowest BCUT2D eigenvalue weighted by molar-refractivity contribution is -0.206. The molecule has 208 valence electrons. The first-order chi connectivity index (χ1) is 17.6. The lowest BCUT2D eigenvalue weighted by Crippen LogP contribution is -2.47. The summed E-state index contributed by atoms with van der Waals surface area (Å²) < 4.78 is 108. The van der Waals surface area contributed by atoms with E-state index in [0.717, 1.165) is 6.20 Å². The van der Waals surface area contributed by atoms with Gasteiger partial charge in [0.25, 0.3) is 10.0 Å². The quantitative estimate of drug-likeness (QED) is 0.422. The second-order valence-corrected chi connectivity index (χ2v) is 11.7. The molecule has 0 saturated carbocycles. The van der Waals surface area contributed by atoms with Gasteiger partial charge >= 0.3 is 12.4 Å². The van der Waals surface area contributed by atoms with Gasteiger partial charge in [0.05, 0.1) is 16.9 Å². The minimum Gasteiger partial charge on any atom is -0.377 e. The van der Waals surface area contributed by atoms with Gasteiger partial charge in [-0.2, -0.15) is 30.6 Å². The average Bonchev–Trinajstić information content (AvgIpc) is 3.48. The van der Waals surface area contributed by atoms with E-state index in [9.17, 15) is 39.9 Å². The molecule has 1 aliphatic rings. The van der Waals surface area contributed by atoms with Crippen LogP contribution in [0.15, 0.2) is 29.9 Å². The van der Waals surface area contributed by atoms with Crippen LogP contribution in [-0.4, -0.2) is 67.6 Å². The number of imidazole rings is 1. The number of hydrogen-bond donors (Lipinski definition) is 2. The number of nitrogens with zero attached hydrogens (tertiary/aromatic N) is 6. The van der Waals surface area contributed by atoms with Crippen LogP contribution in [0.25, 0.3) is 10.6 Å². The van der Waals surface area contributed by atoms with Crippen molar-refractivity contribution in [3.05, 3.63) is 35.5 Å². The zero-order valence-corrected chi connectivity index (χ0v) is 21.3. The Kier molecular flexibility index (Phi) is 7.45. The molecule has 18 heteroatoms. The summed E-state index contributed by atoms with van der Waals surface area (Å²) in [5.74, 6) is -0.536. The van der Waals surface area contributed by atoms with Crippen LogP contribution in [0.4, 0.5) is 32.3 Å². The number of rotatable bonds is 6. The lowest BCUT2D eigenvalue weighted by atomic mass is 9.95. The molecule has 1 aliphatic heterocycles. The highest BCUT2D eigenvalue weighted by atomic mass is 32.2. The van der Waals surface area contributed by atoms with Crippen molar-refractivity contribution in [3.63, 3.8) is 0 Å². The van der Waals surface area contributed by atoms with E-state index in [2.05, 4.69) is 25.3 Å². The van der Waals surface area contributed by atoms with Crippen molar-refractivity contribution in [2.45, 2.75) is 42.9 Å². The fourth-order valence-electron chi connectivity index (χ4n) is 3.87. The normalized spacial score (nSPS) is 20.4. The third kappa shape index (κ3) is 5.76. The van der Waals surface area contributed by atoms with Crippen LogP contribution in [0, 0.1) is 5.92 Å². The maximum absolute atomic E-state index is 13.6. The maximum atomic E-state index is 13.6. The van der Waals surface area contributed by atoms with Gasteiger partial charge in [-0.15, -0.1) is 11.3 Å². The van der Waals surface area contributed by atoms with Gasteiger partial charge in [-0.3, -0.25) is 0 Å². The summed E-state index contributed by atoms with van der Waals surface area (Å²) in [6.07, 6.45) is -8.62. The van der Waals surface area contributed by atoms with E-state index in [1.807, 2.05) is 0 Å². The molecule has 3 atom stereocenters. The van der Waals surface area contributed by atoms with Crippen molar-refractivity contribution in [2.24, 2.45) is 13.0 Å². The minimum absolute atomic E-state index is 0.0948. The lowest BCUT2D eigenvalue weighted by Gasteiger charge is -2.36. The number of aliphatic hydroxyl groups excluding tert-OH is 1. The highest BCUT2D eigenvalue weighted by Crippen LogP contribution is 2.41. The monoisotopic (exact) mass is 585 g/mol. The fraction of sp³-hybridized carbons (Fsp3) is 0.500. The second kappa shape index (κ2) is 10.0. The van der Waals surface area contributed by atoms with Crippen molar-refractivity contribution >= 4 is 27.3 Å². The van der Waals surface area contributed by atoms with Crippen molar-refractivity contribution in [1.29, 1.82) is 0 Å². The van der Waals surface area contributed by atoms with Crippen LogP contribution >= 0.6 is 11.3 Å². The summed E-state index contributed by atoms with van der Waals surface area (Å²) in [5, 5.41) is 11.4. The number of aliphatic hydroxyl groups is 1. The summed E-state index contributed by atoms with van der Waals surface area (Å²) in [4.78, 5) is 14.6. The van der Waals surface area contributed by atoms with Crippen molar-refractivity contribution in [2.75, 3.05) is 18.4 Å². The molecule has 3 aromatic heterocycles. The molecule has 10 nitrogen and oxygen atoms in total. The summed E-state index contributed by atoms with van der Waals surface area (Å²) in [7, 11) is -2.21. The number of nitrogens with one attached hydrogen (secondary N) is 1. The predicted octanol–water partition coefficient (Wildman–Crippen LogP) is 3.46.